The Hall–Kier alpha value is -5.06. The molecule has 0 bridgehead atoms. The smallest absolute Gasteiger partial charge is 0.282 e. The van der Waals surface area contributed by atoms with Crippen LogP contribution in [0.4, 0.5) is 17.1 Å². The Bertz CT molecular complexity index is 1460. The van der Waals surface area contributed by atoms with Gasteiger partial charge in [-0.25, -0.2) is 0 Å². The topological polar surface area (TPSA) is 150 Å². The Kier molecular flexibility index (Phi) is 6.58. The molecular formula is C26H23N7O4. The number of amidine groups is 2. The Balaban J connectivity index is 1.33. The number of carbonyl (C=O) groups excluding carboxylic acids is 2. The number of rotatable bonds is 7. The first-order valence-electron chi connectivity index (χ1n) is 11.7. The van der Waals surface area contributed by atoms with Crippen LogP contribution in [0.2, 0.25) is 0 Å². The molecule has 37 heavy (non-hydrogen) atoms. The van der Waals surface area contributed by atoms with Crippen molar-refractivity contribution in [1.29, 1.82) is 0 Å². The maximum Gasteiger partial charge on any atom is 0.282 e. The molecule has 0 saturated carbocycles. The van der Waals surface area contributed by atoms with E-state index in [-0.39, 0.29) is 11.1 Å². The van der Waals surface area contributed by atoms with Gasteiger partial charge in [0.25, 0.3) is 17.5 Å². The van der Waals surface area contributed by atoms with Gasteiger partial charge in [-0.1, -0.05) is 24.3 Å². The molecule has 2 heterocycles. The molecule has 0 spiro atoms. The normalized spacial score (nSPS) is 14.2. The largest absolute Gasteiger partial charge is 0.368 e. The number of anilines is 2. The first kappa shape index (κ1) is 23.7. The highest BCUT2D eigenvalue weighted by Crippen LogP contribution is 2.23. The Morgan fingerprint density at radius 1 is 0.784 bits per heavy atom. The van der Waals surface area contributed by atoms with Gasteiger partial charge >= 0.3 is 0 Å². The fourth-order valence-electron chi connectivity index (χ4n) is 4.09. The second-order valence-corrected chi connectivity index (χ2v) is 8.37. The Morgan fingerprint density at radius 2 is 1.35 bits per heavy atom. The molecule has 0 aliphatic carbocycles. The maximum atomic E-state index is 12.9. The third-order valence-corrected chi connectivity index (χ3v) is 5.84. The van der Waals surface area contributed by atoms with E-state index in [1.54, 1.807) is 36.4 Å². The SMILES string of the molecule is O=C(Nc1cccc(C2=NCCN2)c1)c1ccc(C(=O)Nc2cccc(C3=NCCN3)c2)c([N+](=O)[O-])c1. The van der Waals surface area contributed by atoms with E-state index in [1.165, 1.54) is 12.1 Å². The highest BCUT2D eigenvalue weighted by Gasteiger charge is 2.23. The van der Waals surface area contributed by atoms with Crippen LogP contribution in [0, 0.1) is 10.1 Å². The molecule has 3 aromatic carbocycles. The fraction of sp³-hybridized carbons (Fsp3) is 0.154. The van der Waals surface area contributed by atoms with Crippen LogP contribution in [-0.2, 0) is 0 Å². The van der Waals surface area contributed by atoms with Gasteiger partial charge in [-0.2, -0.15) is 0 Å². The minimum atomic E-state index is -0.677. The maximum absolute atomic E-state index is 12.9. The molecule has 0 aromatic heterocycles. The standard InChI is InChI=1S/C26H23N7O4/c34-25(31-19-5-1-3-16(13-19)23-27-9-10-28-23)18-7-8-21(22(15-18)33(36)37)26(35)32-20-6-2-4-17(14-20)24-29-11-12-30-24/h1-8,13-15H,9-12H2,(H,27,28)(H,29,30)(H,31,34)(H,32,35). The van der Waals surface area contributed by atoms with Gasteiger partial charge in [0, 0.05) is 47.2 Å². The first-order valence-corrected chi connectivity index (χ1v) is 11.7. The van der Waals surface area contributed by atoms with Crippen molar-refractivity contribution >= 4 is 40.5 Å². The highest BCUT2D eigenvalue weighted by molar-refractivity contribution is 6.10. The number of nitrogens with one attached hydrogen (secondary N) is 4. The van der Waals surface area contributed by atoms with E-state index in [9.17, 15) is 19.7 Å². The highest BCUT2D eigenvalue weighted by atomic mass is 16.6. The number of amides is 2. The molecule has 0 fully saturated rings. The van der Waals surface area contributed by atoms with Crippen molar-refractivity contribution in [3.05, 3.63) is 99.1 Å². The predicted molar refractivity (Wildman–Crippen MR) is 141 cm³/mol. The lowest BCUT2D eigenvalue weighted by molar-refractivity contribution is -0.385. The summed E-state index contributed by atoms with van der Waals surface area (Å²) >= 11 is 0. The summed E-state index contributed by atoms with van der Waals surface area (Å²) in [6, 6.07) is 18.0. The molecule has 186 valence electrons. The number of nitrogens with zero attached hydrogens (tertiary/aromatic N) is 3. The van der Waals surface area contributed by atoms with Crippen molar-refractivity contribution < 1.29 is 14.5 Å². The minimum Gasteiger partial charge on any atom is -0.368 e. The van der Waals surface area contributed by atoms with E-state index in [4.69, 9.17) is 0 Å². The molecule has 2 aliphatic heterocycles. The van der Waals surface area contributed by atoms with Gasteiger partial charge in [0.15, 0.2) is 0 Å². The molecule has 0 unspecified atom stereocenters. The van der Waals surface area contributed by atoms with Crippen LogP contribution >= 0.6 is 0 Å². The molecule has 2 amide bonds. The van der Waals surface area contributed by atoms with Crippen LogP contribution in [0.25, 0.3) is 0 Å². The van der Waals surface area contributed by atoms with Crippen molar-refractivity contribution in [2.45, 2.75) is 0 Å². The van der Waals surface area contributed by atoms with Crippen molar-refractivity contribution in [2.75, 3.05) is 36.8 Å². The van der Waals surface area contributed by atoms with E-state index in [0.29, 0.717) is 24.5 Å². The number of carbonyl (C=O) groups is 2. The summed E-state index contributed by atoms with van der Waals surface area (Å²) < 4.78 is 0. The summed E-state index contributed by atoms with van der Waals surface area (Å²) in [4.78, 5) is 45.6. The van der Waals surface area contributed by atoms with Gasteiger partial charge in [0.05, 0.1) is 18.0 Å². The second kappa shape index (κ2) is 10.3. The number of hydrogen-bond donors (Lipinski definition) is 4. The number of nitro benzene ring substituents is 1. The van der Waals surface area contributed by atoms with E-state index < -0.39 is 22.4 Å². The Labute approximate surface area is 211 Å². The summed E-state index contributed by atoms with van der Waals surface area (Å²) in [6.07, 6.45) is 0. The predicted octanol–water partition coefficient (Wildman–Crippen LogP) is 2.80. The summed E-state index contributed by atoms with van der Waals surface area (Å²) in [5.74, 6) is 0.288. The van der Waals surface area contributed by atoms with Gasteiger partial charge in [0.2, 0.25) is 0 Å². The van der Waals surface area contributed by atoms with E-state index in [2.05, 4.69) is 31.3 Å². The lowest BCUT2D eigenvalue weighted by atomic mass is 10.1. The molecule has 0 radical (unpaired) electrons. The van der Waals surface area contributed by atoms with Crippen LogP contribution in [0.1, 0.15) is 31.8 Å². The quantitative estimate of drug-likeness (QED) is 0.291. The second-order valence-electron chi connectivity index (χ2n) is 8.37. The number of hydrogen-bond acceptors (Lipinski definition) is 8. The number of benzene rings is 3. The minimum absolute atomic E-state index is 0.0531. The van der Waals surface area contributed by atoms with Gasteiger partial charge in [-0.05, 0) is 36.4 Å². The molecule has 11 heteroatoms. The van der Waals surface area contributed by atoms with Crippen molar-refractivity contribution in [1.82, 2.24) is 10.6 Å². The summed E-state index contributed by atoms with van der Waals surface area (Å²) in [5.41, 5.74) is 2.04. The third-order valence-electron chi connectivity index (χ3n) is 5.84. The van der Waals surface area contributed by atoms with Crippen LogP contribution in [0.5, 0.6) is 0 Å². The first-order chi connectivity index (χ1) is 18.0. The zero-order valence-electron chi connectivity index (χ0n) is 19.7. The van der Waals surface area contributed by atoms with E-state index in [0.717, 1.165) is 42.0 Å². The molecule has 5 rings (SSSR count). The lowest BCUT2D eigenvalue weighted by Gasteiger charge is -2.10. The molecular weight excluding hydrogens is 474 g/mol. The summed E-state index contributed by atoms with van der Waals surface area (Å²) in [7, 11) is 0. The van der Waals surface area contributed by atoms with Gasteiger partial charge in [-0.3, -0.25) is 29.7 Å². The zero-order chi connectivity index (χ0) is 25.8. The average molecular weight is 498 g/mol. The number of aliphatic imine (C=N–C) groups is 2. The lowest BCUT2D eigenvalue weighted by Crippen LogP contribution is -2.20. The van der Waals surface area contributed by atoms with E-state index >= 15 is 0 Å². The van der Waals surface area contributed by atoms with Crippen LogP contribution in [-0.4, -0.2) is 54.6 Å². The van der Waals surface area contributed by atoms with E-state index in [1.807, 2.05) is 12.1 Å². The molecule has 2 aliphatic rings. The summed E-state index contributed by atoms with van der Waals surface area (Å²) in [6.45, 7) is 2.87. The van der Waals surface area contributed by atoms with Crippen LogP contribution in [0.3, 0.4) is 0 Å². The molecule has 4 N–H and O–H groups in total. The third kappa shape index (κ3) is 5.30. The Morgan fingerprint density at radius 3 is 1.86 bits per heavy atom. The average Bonchev–Trinajstić information content (AvgIpc) is 3.64. The van der Waals surface area contributed by atoms with Gasteiger partial charge in [-0.15, -0.1) is 0 Å². The fourth-order valence-corrected chi connectivity index (χ4v) is 4.09. The molecule has 11 nitrogen and oxygen atoms in total. The van der Waals surface area contributed by atoms with Gasteiger partial charge < -0.3 is 21.3 Å². The zero-order valence-corrected chi connectivity index (χ0v) is 19.7. The summed E-state index contributed by atoms with van der Waals surface area (Å²) in [5, 5.41) is 23.6. The molecule has 0 atom stereocenters. The van der Waals surface area contributed by atoms with Crippen LogP contribution in [0.15, 0.2) is 76.7 Å². The van der Waals surface area contributed by atoms with Gasteiger partial charge in [0.1, 0.15) is 17.2 Å². The molecule has 0 saturated heterocycles. The monoisotopic (exact) mass is 497 g/mol. The number of nitro groups is 1. The van der Waals surface area contributed by atoms with Crippen LogP contribution < -0.4 is 21.3 Å². The van der Waals surface area contributed by atoms with Crippen molar-refractivity contribution in [3.8, 4) is 0 Å². The molecule has 3 aromatic rings. The van der Waals surface area contributed by atoms with Crippen molar-refractivity contribution in [2.24, 2.45) is 9.98 Å². The van der Waals surface area contributed by atoms with Crippen molar-refractivity contribution in [3.63, 3.8) is 0 Å².